The van der Waals surface area contributed by atoms with Crippen molar-refractivity contribution in [3.8, 4) is 0 Å². The molecule has 4 aromatic rings. The maximum Gasteiger partial charge on any atom is 0.310 e. The smallest absolute Gasteiger partial charge is 0.310 e. The molecule has 0 amide bonds. The second-order valence-corrected chi connectivity index (χ2v) is 12.0. The van der Waals surface area contributed by atoms with Crippen molar-refractivity contribution in [1.82, 2.24) is 0 Å². The highest BCUT2D eigenvalue weighted by atomic mass is 35.5. The minimum atomic E-state index is -1.93. The Hall–Kier alpha value is -5.74. The number of nitrogens with one attached hydrogen (secondary N) is 2. The molecule has 2 atom stereocenters. The van der Waals surface area contributed by atoms with Gasteiger partial charge in [-0.2, -0.15) is 0 Å². The zero-order valence-electron chi connectivity index (χ0n) is 27.4. The number of hydrogen-bond donors (Lipinski definition) is 2. The van der Waals surface area contributed by atoms with Gasteiger partial charge in [-0.3, -0.25) is 9.59 Å². The van der Waals surface area contributed by atoms with Crippen molar-refractivity contribution in [3.63, 3.8) is 0 Å². The first-order valence-electron chi connectivity index (χ1n) is 15.2. The van der Waals surface area contributed by atoms with Crippen LogP contribution in [-0.4, -0.2) is 47.5 Å². The monoisotopic (exact) mass is 762 g/mol. The third-order valence-corrected chi connectivity index (χ3v) is 7.94. The standard InChI is InChI=1S/C34H30Cl2F2N4O10/c1-19-9-11-27(39-33-23(35)5-3-7-25(33)37)21(13-19)15-31(43)49-17-29(51-41(45)46)30(52-42(47)48)18-50-32(44)16-22-14-20(2)10-12-28(22)40-34-24(36)6-4-8-26(34)38/h3-14,29-30,39-40H,15-18H2,1-2H3. The van der Waals surface area contributed by atoms with Crippen molar-refractivity contribution in [1.29, 1.82) is 0 Å². The lowest BCUT2D eigenvalue weighted by atomic mass is 10.1. The SMILES string of the molecule is Cc1ccc(Nc2c(F)cccc2Cl)c(CC(=O)OCC(O[N+](=O)[O-])C(COC(=O)Cc2cc(C)ccc2Nc2c(F)cccc2Cl)O[N+](=O)[O-])c1. The molecule has 0 aliphatic carbocycles. The molecule has 0 saturated heterocycles. The largest absolute Gasteiger partial charge is 0.463 e. The van der Waals surface area contributed by atoms with Gasteiger partial charge in [0.25, 0.3) is 10.2 Å². The number of hydrogen-bond acceptors (Lipinski definition) is 12. The summed E-state index contributed by atoms with van der Waals surface area (Å²) in [5, 5.41) is 25.9. The highest BCUT2D eigenvalue weighted by molar-refractivity contribution is 6.33. The average molecular weight is 764 g/mol. The topological polar surface area (TPSA) is 181 Å². The van der Waals surface area contributed by atoms with Gasteiger partial charge in [0.15, 0.2) is 12.2 Å². The van der Waals surface area contributed by atoms with Crippen LogP contribution in [0.2, 0.25) is 10.0 Å². The quantitative estimate of drug-likeness (QED) is 0.0619. The fourth-order valence-electron chi connectivity index (χ4n) is 4.88. The van der Waals surface area contributed by atoms with Crippen LogP contribution >= 0.6 is 23.2 Å². The van der Waals surface area contributed by atoms with E-state index in [0.717, 1.165) is 11.1 Å². The zero-order valence-corrected chi connectivity index (χ0v) is 28.9. The number of benzene rings is 4. The average Bonchev–Trinajstić information content (AvgIpc) is 3.06. The van der Waals surface area contributed by atoms with Crippen LogP contribution in [0.1, 0.15) is 22.3 Å². The van der Waals surface area contributed by atoms with E-state index in [-0.39, 0.29) is 21.4 Å². The van der Waals surface area contributed by atoms with E-state index < -0.39 is 72.0 Å². The molecule has 0 aliphatic rings. The molecule has 52 heavy (non-hydrogen) atoms. The normalized spacial score (nSPS) is 11.9. The van der Waals surface area contributed by atoms with Gasteiger partial charge in [0, 0.05) is 11.4 Å². The first-order chi connectivity index (χ1) is 24.7. The molecular formula is C34H30Cl2F2N4O10. The molecule has 2 N–H and O–H groups in total. The second-order valence-electron chi connectivity index (χ2n) is 11.2. The van der Waals surface area contributed by atoms with Crippen molar-refractivity contribution < 1.29 is 47.7 Å². The number of rotatable bonds is 17. The fourth-order valence-corrected chi connectivity index (χ4v) is 5.30. The number of esters is 2. The van der Waals surface area contributed by atoms with E-state index in [1.54, 1.807) is 50.2 Å². The Morgan fingerprint density at radius 3 is 1.42 bits per heavy atom. The van der Waals surface area contributed by atoms with Crippen molar-refractivity contribution in [3.05, 3.63) is 137 Å². The lowest BCUT2D eigenvalue weighted by Gasteiger charge is -2.23. The Morgan fingerprint density at radius 2 is 1.08 bits per heavy atom. The van der Waals surface area contributed by atoms with Gasteiger partial charge in [0.1, 0.15) is 24.8 Å². The molecule has 274 valence electrons. The Bertz CT molecular complexity index is 1790. The summed E-state index contributed by atoms with van der Waals surface area (Å²) in [6.07, 6.45) is -4.71. The molecule has 18 heteroatoms. The molecule has 0 fully saturated rings. The summed E-state index contributed by atoms with van der Waals surface area (Å²) in [7, 11) is 0. The van der Waals surface area contributed by atoms with Gasteiger partial charge in [0.05, 0.1) is 34.3 Å². The molecule has 4 rings (SSSR count). The maximum atomic E-state index is 14.4. The van der Waals surface area contributed by atoms with Crippen LogP contribution in [0.5, 0.6) is 0 Å². The highest BCUT2D eigenvalue weighted by Crippen LogP contribution is 2.32. The van der Waals surface area contributed by atoms with E-state index in [1.165, 1.54) is 36.4 Å². The minimum absolute atomic E-state index is 0.0409. The van der Waals surface area contributed by atoms with Crippen LogP contribution in [0, 0.1) is 45.7 Å². The van der Waals surface area contributed by atoms with Gasteiger partial charge in [0.2, 0.25) is 0 Å². The van der Waals surface area contributed by atoms with Gasteiger partial charge in [-0.25, -0.2) is 8.78 Å². The van der Waals surface area contributed by atoms with Crippen LogP contribution < -0.4 is 10.6 Å². The number of para-hydroxylation sites is 2. The summed E-state index contributed by atoms with van der Waals surface area (Å²) in [6, 6.07) is 17.9. The van der Waals surface area contributed by atoms with E-state index >= 15 is 0 Å². The summed E-state index contributed by atoms with van der Waals surface area (Å²) >= 11 is 12.3. The molecule has 0 bridgehead atoms. The van der Waals surface area contributed by atoms with Crippen LogP contribution in [0.3, 0.4) is 0 Å². The van der Waals surface area contributed by atoms with Crippen molar-refractivity contribution in [2.24, 2.45) is 0 Å². The summed E-state index contributed by atoms with van der Waals surface area (Å²) in [5.74, 6) is -3.20. The Kier molecular flexibility index (Phi) is 13.5. The summed E-state index contributed by atoms with van der Waals surface area (Å²) in [4.78, 5) is 57.5. The highest BCUT2D eigenvalue weighted by Gasteiger charge is 2.32. The minimum Gasteiger partial charge on any atom is -0.463 e. The fraction of sp³-hybridized carbons (Fsp3) is 0.235. The Balaban J connectivity index is 1.45. The van der Waals surface area contributed by atoms with Gasteiger partial charge >= 0.3 is 11.9 Å². The van der Waals surface area contributed by atoms with E-state index in [1.807, 2.05) is 0 Å². The number of carbonyl (C=O) groups excluding carboxylic acids is 2. The molecule has 0 aromatic heterocycles. The molecule has 0 spiro atoms. The molecule has 14 nitrogen and oxygen atoms in total. The number of nitrogens with zero attached hydrogens (tertiary/aromatic N) is 2. The number of carbonyl (C=O) groups is 2. The lowest BCUT2D eigenvalue weighted by Crippen LogP contribution is -2.42. The van der Waals surface area contributed by atoms with E-state index in [9.17, 15) is 38.6 Å². The molecule has 4 aromatic carbocycles. The number of aryl methyl sites for hydroxylation is 2. The van der Waals surface area contributed by atoms with E-state index in [0.29, 0.717) is 22.5 Å². The molecule has 0 aliphatic heterocycles. The lowest BCUT2D eigenvalue weighted by molar-refractivity contribution is -0.799. The van der Waals surface area contributed by atoms with Crippen LogP contribution in [0.15, 0.2) is 72.8 Å². The molecule has 2 unspecified atom stereocenters. The number of halogens is 4. The van der Waals surface area contributed by atoms with E-state index in [2.05, 4.69) is 20.3 Å². The van der Waals surface area contributed by atoms with Crippen molar-refractivity contribution in [2.45, 2.75) is 38.9 Å². The number of ether oxygens (including phenoxy) is 2. The predicted molar refractivity (Wildman–Crippen MR) is 185 cm³/mol. The van der Waals surface area contributed by atoms with Gasteiger partial charge in [-0.1, -0.05) is 70.7 Å². The maximum absolute atomic E-state index is 14.4. The summed E-state index contributed by atoms with van der Waals surface area (Å²) in [6.45, 7) is 1.62. The third kappa shape index (κ3) is 11.1. The second kappa shape index (κ2) is 18.0. The molecule has 0 saturated carbocycles. The van der Waals surface area contributed by atoms with Crippen LogP contribution in [0.25, 0.3) is 0 Å². The first kappa shape index (κ1) is 39.1. The van der Waals surface area contributed by atoms with Crippen LogP contribution in [-0.2, 0) is 41.6 Å². The van der Waals surface area contributed by atoms with Crippen molar-refractivity contribution >= 4 is 57.9 Å². The van der Waals surface area contributed by atoms with Gasteiger partial charge < -0.3 is 29.8 Å². The van der Waals surface area contributed by atoms with Gasteiger partial charge in [-0.15, -0.1) is 20.2 Å². The Labute approximate surface area is 304 Å². The Morgan fingerprint density at radius 1 is 0.692 bits per heavy atom. The summed E-state index contributed by atoms with van der Waals surface area (Å²) < 4.78 is 39.2. The zero-order chi connectivity index (χ0) is 37.9. The van der Waals surface area contributed by atoms with E-state index in [4.69, 9.17) is 32.7 Å². The van der Waals surface area contributed by atoms with Gasteiger partial charge in [-0.05, 0) is 61.4 Å². The molecule has 0 radical (unpaired) electrons. The number of anilines is 4. The predicted octanol–water partition coefficient (Wildman–Crippen LogP) is 7.40. The third-order valence-electron chi connectivity index (χ3n) is 7.31. The summed E-state index contributed by atoms with van der Waals surface area (Å²) in [5.41, 5.74) is 2.66. The van der Waals surface area contributed by atoms with Crippen LogP contribution in [0.4, 0.5) is 31.5 Å². The van der Waals surface area contributed by atoms with Crippen molar-refractivity contribution in [2.75, 3.05) is 23.8 Å². The first-order valence-corrected chi connectivity index (χ1v) is 16.0. The molecule has 0 heterocycles. The molecular weight excluding hydrogens is 733 g/mol.